The smallest absolute Gasteiger partial charge is 0.186 e. The van der Waals surface area contributed by atoms with Crippen molar-refractivity contribution in [3.63, 3.8) is 0 Å². The minimum atomic E-state index is 0.293. The number of hydrogen-bond donors (Lipinski definition) is 0. The summed E-state index contributed by atoms with van der Waals surface area (Å²) in [5.74, 6) is 0.951. The highest BCUT2D eigenvalue weighted by molar-refractivity contribution is 5.89. The summed E-state index contributed by atoms with van der Waals surface area (Å²) >= 11 is 0. The normalized spacial score (nSPS) is 10.9. The molecule has 1 aromatic carbocycles. The SMILES string of the molecule is Cc1cccc2cc(-c3ccoc3C=O)oc12. The molecule has 0 aliphatic rings. The number of aryl methyl sites for hydroxylation is 1. The average Bonchev–Trinajstić information content (AvgIpc) is 2.94. The highest BCUT2D eigenvalue weighted by Crippen LogP contribution is 2.31. The van der Waals surface area contributed by atoms with Crippen molar-refractivity contribution < 1.29 is 13.6 Å². The van der Waals surface area contributed by atoms with Crippen LogP contribution in [0.4, 0.5) is 0 Å². The van der Waals surface area contributed by atoms with E-state index in [4.69, 9.17) is 8.83 Å². The van der Waals surface area contributed by atoms with Gasteiger partial charge < -0.3 is 8.83 Å². The molecule has 2 aromatic heterocycles. The fraction of sp³-hybridized carbons (Fsp3) is 0.0714. The lowest BCUT2D eigenvalue weighted by atomic mass is 10.1. The van der Waals surface area contributed by atoms with Crippen LogP contribution in [0.3, 0.4) is 0 Å². The summed E-state index contributed by atoms with van der Waals surface area (Å²) in [5.41, 5.74) is 2.61. The first-order valence-corrected chi connectivity index (χ1v) is 5.32. The number of hydrogen-bond acceptors (Lipinski definition) is 3. The molecule has 3 rings (SSSR count). The van der Waals surface area contributed by atoms with Crippen LogP contribution in [0.1, 0.15) is 16.1 Å². The van der Waals surface area contributed by atoms with Crippen molar-refractivity contribution in [3.8, 4) is 11.3 Å². The third kappa shape index (κ3) is 1.47. The van der Waals surface area contributed by atoms with Gasteiger partial charge in [-0.1, -0.05) is 18.2 Å². The molecular weight excluding hydrogens is 216 g/mol. The van der Waals surface area contributed by atoms with E-state index in [1.165, 1.54) is 6.26 Å². The number of benzene rings is 1. The topological polar surface area (TPSA) is 43.4 Å². The van der Waals surface area contributed by atoms with Crippen LogP contribution in [0, 0.1) is 6.92 Å². The Kier molecular flexibility index (Phi) is 2.11. The fourth-order valence-corrected chi connectivity index (χ4v) is 1.96. The van der Waals surface area contributed by atoms with E-state index in [9.17, 15) is 4.79 Å². The molecular formula is C14H10O3. The quantitative estimate of drug-likeness (QED) is 0.624. The summed E-state index contributed by atoms with van der Waals surface area (Å²) in [5, 5.41) is 1.03. The maximum Gasteiger partial charge on any atom is 0.186 e. The third-order valence-corrected chi connectivity index (χ3v) is 2.81. The molecule has 84 valence electrons. The standard InChI is InChI=1S/C14H10O3/c1-9-3-2-4-10-7-12(17-14(9)10)11-5-6-16-13(11)8-15/h2-8H,1H3. The third-order valence-electron chi connectivity index (χ3n) is 2.81. The van der Waals surface area contributed by atoms with Crippen molar-refractivity contribution in [2.75, 3.05) is 0 Å². The number of carbonyl (C=O) groups excluding carboxylic acids is 1. The molecule has 0 radical (unpaired) electrons. The molecule has 0 N–H and O–H groups in total. The van der Waals surface area contributed by atoms with Gasteiger partial charge in [0.05, 0.1) is 11.8 Å². The van der Waals surface area contributed by atoms with Crippen LogP contribution in [-0.4, -0.2) is 6.29 Å². The van der Waals surface area contributed by atoms with Crippen molar-refractivity contribution in [1.82, 2.24) is 0 Å². The molecule has 17 heavy (non-hydrogen) atoms. The molecule has 0 fully saturated rings. The van der Waals surface area contributed by atoms with Gasteiger partial charge in [-0.3, -0.25) is 4.79 Å². The minimum Gasteiger partial charge on any atom is -0.461 e. The van der Waals surface area contributed by atoms with Crippen LogP contribution in [0.5, 0.6) is 0 Å². The highest BCUT2D eigenvalue weighted by Gasteiger charge is 2.13. The Balaban J connectivity index is 2.25. The number of aldehydes is 1. The van der Waals surface area contributed by atoms with Crippen LogP contribution in [0.15, 0.2) is 45.4 Å². The molecule has 2 heterocycles. The van der Waals surface area contributed by atoms with Gasteiger partial charge in [0.2, 0.25) is 0 Å². The van der Waals surface area contributed by atoms with Gasteiger partial charge in [-0.15, -0.1) is 0 Å². The molecule has 0 unspecified atom stereocenters. The predicted octanol–water partition coefficient (Wildman–Crippen LogP) is 3.81. The number of rotatable bonds is 2. The van der Waals surface area contributed by atoms with Crippen LogP contribution in [0.25, 0.3) is 22.3 Å². The first kappa shape index (κ1) is 9.90. The lowest BCUT2D eigenvalue weighted by Gasteiger charge is -1.93. The second-order valence-electron chi connectivity index (χ2n) is 3.92. The average molecular weight is 226 g/mol. The fourth-order valence-electron chi connectivity index (χ4n) is 1.96. The van der Waals surface area contributed by atoms with Gasteiger partial charge in [-0.25, -0.2) is 0 Å². The van der Waals surface area contributed by atoms with E-state index in [0.717, 1.165) is 16.5 Å². The number of para-hydroxylation sites is 1. The van der Waals surface area contributed by atoms with Crippen molar-refractivity contribution in [1.29, 1.82) is 0 Å². The first-order chi connectivity index (χ1) is 8.29. The number of furan rings is 2. The first-order valence-electron chi connectivity index (χ1n) is 5.32. The zero-order chi connectivity index (χ0) is 11.8. The van der Waals surface area contributed by atoms with E-state index < -0.39 is 0 Å². The van der Waals surface area contributed by atoms with Gasteiger partial charge in [0, 0.05) is 5.39 Å². The Labute approximate surface area is 97.7 Å². The molecule has 0 spiro atoms. The highest BCUT2D eigenvalue weighted by atomic mass is 16.4. The summed E-state index contributed by atoms with van der Waals surface area (Å²) < 4.78 is 10.8. The predicted molar refractivity (Wildman–Crippen MR) is 64.0 cm³/mol. The van der Waals surface area contributed by atoms with Crippen LogP contribution >= 0.6 is 0 Å². The maximum atomic E-state index is 10.8. The van der Waals surface area contributed by atoms with Crippen LogP contribution < -0.4 is 0 Å². The molecule has 0 amide bonds. The molecule has 0 aliphatic heterocycles. The van der Waals surface area contributed by atoms with Crippen molar-refractivity contribution in [2.45, 2.75) is 6.92 Å². The molecule has 0 bridgehead atoms. The Morgan fingerprint density at radius 2 is 2.12 bits per heavy atom. The van der Waals surface area contributed by atoms with E-state index >= 15 is 0 Å². The van der Waals surface area contributed by atoms with E-state index in [0.29, 0.717) is 23.4 Å². The molecule has 0 saturated heterocycles. The van der Waals surface area contributed by atoms with Crippen LogP contribution in [0.2, 0.25) is 0 Å². The lowest BCUT2D eigenvalue weighted by molar-refractivity contribution is 0.110. The van der Waals surface area contributed by atoms with Crippen LogP contribution in [-0.2, 0) is 0 Å². The van der Waals surface area contributed by atoms with Gasteiger partial charge in [-0.2, -0.15) is 0 Å². The molecule has 0 atom stereocenters. The lowest BCUT2D eigenvalue weighted by Crippen LogP contribution is -1.77. The summed E-state index contributed by atoms with van der Waals surface area (Å²) in [6.45, 7) is 1.99. The zero-order valence-electron chi connectivity index (χ0n) is 9.27. The van der Waals surface area contributed by atoms with Gasteiger partial charge in [-0.05, 0) is 24.6 Å². The van der Waals surface area contributed by atoms with E-state index in [-0.39, 0.29) is 0 Å². The van der Waals surface area contributed by atoms with E-state index in [1.54, 1.807) is 6.07 Å². The summed E-state index contributed by atoms with van der Waals surface area (Å²) in [6.07, 6.45) is 2.18. The minimum absolute atomic E-state index is 0.293. The zero-order valence-corrected chi connectivity index (χ0v) is 9.27. The molecule has 3 nitrogen and oxygen atoms in total. The van der Waals surface area contributed by atoms with Gasteiger partial charge in [0.15, 0.2) is 12.0 Å². The van der Waals surface area contributed by atoms with Gasteiger partial charge in [0.25, 0.3) is 0 Å². The van der Waals surface area contributed by atoms with Crippen molar-refractivity contribution in [2.24, 2.45) is 0 Å². The summed E-state index contributed by atoms with van der Waals surface area (Å²) in [6, 6.07) is 9.60. The summed E-state index contributed by atoms with van der Waals surface area (Å²) in [4.78, 5) is 10.8. The summed E-state index contributed by atoms with van der Waals surface area (Å²) in [7, 11) is 0. The Bertz CT molecular complexity index is 688. The molecule has 3 aromatic rings. The maximum absolute atomic E-state index is 10.8. The Morgan fingerprint density at radius 3 is 2.88 bits per heavy atom. The van der Waals surface area contributed by atoms with E-state index in [2.05, 4.69) is 0 Å². The van der Waals surface area contributed by atoms with Gasteiger partial charge in [0.1, 0.15) is 11.3 Å². The largest absolute Gasteiger partial charge is 0.461 e. The Morgan fingerprint density at radius 1 is 1.24 bits per heavy atom. The second-order valence-corrected chi connectivity index (χ2v) is 3.92. The number of carbonyl (C=O) groups is 1. The molecule has 0 saturated carbocycles. The van der Waals surface area contributed by atoms with E-state index in [1.807, 2.05) is 31.2 Å². The van der Waals surface area contributed by atoms with Gasteiger partial charge >= 0.3 is 0 Å². The monoisotopic (exact) mass is 226 g/mol. The number of fused-ring (bicyclic) bond motifs is 1. The van der Waals surface area contributed by atoms with Crippen molar-refractivity contribution in [3.05, 3.63) is 47.9 Å². The Hall–Kier alpha value is -2.29. The molecule has 3 heteroatoms. The second kappa shape index (κ2) is 3.63. The molecule has 0 aliphatic carbocycles. The van der Waals surface area contributed by atoms with Crippen molar-refractivity contribution >= 4 is 17.3 Å².